The van der Waals surface area contributed by atoms with Crippen LogP contribution in [0.2, 0.25) is 0 Å². The Morgan fingerprint density at radius 3 is 2.67 bits per heavy atom. The monoisotopic (exact) mass is 247 g/mol. The van der Waals surface area contributed by atoms with Gasteiger partial charge in [0.1, 0.15) is 0 Å². The number of hydrogen-bond acceptors (Lipinski definition) is 3. The summed E-state index contributed by atoms with van der Waals surface area (Å²) in [4.78, 5) is 23.4. The number of carbonyl (C=O) groups is 2. The lowest BCUT2D eigenvalue weighted by Gasteiger charge is -2.26. The number of benzene rings is 1. The Balaban J connectivity index is 2.03. The summed E-state index contributed by atoms with van der Waals surface area (Å²) >= 11 is 0. The highest BCUT2D eigenvalue weighted by molar-refractivity contribution is 6.03. The molecule has 1 aromatic rings. The molecule has 1 aliphatic rings. The van der Waals surface area contributed by atoms with Gasteiger partial charge in [0.25, 0.3) is 5.91 Å². The minimum Gasteiger partial charge on any atom is -0.355 e. The quantitative estimate of drug-likeness (QED) is 0.729. The smallest absolute Gasteiger partial charge is 0.253 e. The van der Waals surface area contributed by atoms with Crippen LogP contribution >= 0.6 is 0 Å². The molecular weight excluding hydrogens is 230 g/mol. The van der Waals surface area contributed by atoms with Gasteiger partial charge in [0.15, 0.2) is 0 Å². The average Bonchev–Trinajstić information content (AvgIpc) is 2.34. The number of nitrogens with one attached hydrogen (secondary N) is 3. The van der Waals surface area contributed by atoms with Crippen molar-refractivity contribution in [3.05, 3.63) is 29.8 Å². The van der Waals surface area contributed by atoms with E-state index in [0.717, 1.165) is 13.1 Å². The van der Waals surface area contributed by atoms with Crippen molar-refractivity contribution in [1.29, 1.82) is 0 Å². The highest BCUT2D eigenvalue weighted by atomic mass is 16.2. The molecule has 1 saturated heterocycles. The number of carbonyl (C=O) groups excluding carboxylic acids is 2. The molecule has 5 heteroatoms. The normalized spacial score (nSPS) is 14.7. The maximum absolute atomic E-state index is 11.8. The van der Waals surface area contributed by atoms with Crippen LogP contribution < -0.4 is 16.0 Å². The third kappa shape index (κ3) is 2.87. The summed E-state index contributed by atoms with van der Waals surface area (Å²) in [6.45, 7) is 1.79. The fourth-order valence-electron chi connectivity index (χ4n) is 1.88. The van der Waals surface area contributed by atoms with E-state index in [-0.39, 0.29) is 11.8 Å². The first-order valence-corrected chi connectivity index (χ1v) is 6.02. The van der Waals surface area contributed by atoms with Gasteiger partial charge < -0.3 is 16.0 Å². The predicted molar refractivity (Wildman–Crippen MR) is 69.4 cm³/mol. The fraction of sp³-hybridized carbons (Fsp3) is 0.385. The second-order valence-electron chi connectivity index (χ2n) is 4.40. The molecule has 3 N–H and O–H groups in total. The van der Waals surface area contributed by atoms with Crippen LogP contribution in [0.15, 0.2) is 24.3 Å². The minimum atomic E-state index is -0.198. The molecule has 0 unspecified atom stereocenters. The molecule has 1 aliphatic heterocycles. The largest absolute Gasteiger partial charge is 0.355 e. The third-order valence-corrected chi connectivity index (χ3v) is 3.01. The molecule has 0 aliphatic carbocycles. The van der Waals surface area contributed by atoms with Gasteiger partial charge in [-0.1, -0.05) is 12.1 Å². The molecule has 5 nitrogen and oxygen atoms in total. The van der Waals surface area contributed by atoms with Crippen LogP contribution in [0.5, 0.6) is 0 Å². The van der Waals surface area contributed by atoms with Gasteiger partial charge in [-0.15, -0.1) is 0 Å². The van der Waals surface area contributed by atoms with Gasteiger partial charge in [-0.25, -0.2) is 0 Å². The van der Waals surface area contributed by atoms with Crippen molar-refractivity contribution in [3.8, 4) is 0 Å². The van der Waals surface area contributed by atoms with Crippen LogP contribution in [0.1, 0.15) is 16.8 Å². The van der Waals surface area contributed by atoms with E-state index in [0.29, 0.717) is 23.6 Å². The maximum Gasteiger partial charge on any atom is 0.253 e. The van der Waals surface area contributed by atoms with Gasteiger partial charge in [0, 0.05) is 13.5 Å². The SMILES string of the molecule is CNC(=O)c1ccccc1NC(=O)CC1CNC1. The van der Waals surface area contributed by atoms with E-state index in [1.54, 1.807) is 31.3 Å². The van der Waals surface area contributed by atoms with E-state index in [9.17, 15) is 9.59 Å². The standard InChI is InChI=1S/C13H17N3O2/c1-14-13(18)10-4-2-3-5-11(10)16-12(17)6-9-7-15-8-9/h2-5,9,15H,6-8H2,1H3,(H,14,18)(H,16,17). The number of amides is 2. The van der Waals surface area contributed by atoms with Crippen molar-refractivity contribution < 1.29 is 9.59 Å². The Morgan fingerprint density at radius 1 is 1.33 bits per heavy atom. The minimum absolute atomic E-state index is 0.0437. The van der Waals surface area contributed by atoms with E-state index >= 15 is 0 Å². The van der Waals surface area contributed by atoms with E-state index in [1.165, 1.54) is 0 Å². The molecule has 1 heterocycles. The number of hydrogen-bond donors (Lipinski definition) is 3. The molecule has 0 atom stereocenters. The first kappa shape index (κ1) is 12.6. The molecule has 2 amide bonds. The molecule has 96 valence electrons. The molecule has 0 radical (unpaired) electrons. The van der Waals surface area contributed by atoms with Crippen LogP contribution in [0, 0.1) is 5.92 Å². The second kappa shape index (κ2) is 5.64. The molecule has 1 aromatic carbocycles. The molecule has 18 heavy (non-hydrogen) atoms. The Morgan fingerprint density at radius 2 is 2.06 bits per heavy atom. The Hall–Kier alpha value is -1.88. The lowest BCUT2D eigenvalue weighted by Crippen LogP contribution is -2.43. The highest BCUT2D eigenvalue weighted by Crippen LogP contribution is 2.16. The maximum atomic E-state index is 11.8. The van der Waals surface area contributed by atoms with Crippen molar-refractivity contribution in [1.82, 2.24) is 10.6 Å². The van der Waals surface area contributed by atoms with Crippen LogP contribution in [0.4, 0.5) is 5.69 Å². The molecular formula is C13H17N3O2. The van der Waals surface area contributed by atoms with E-state index in [1.807, 2.05) is 0 Å². The third-order valence-electron chi connectivity index (χ3n) is 3.01. The summed E-state index contributed by atoms with van der Waals surface area (Å²) in [6, 6.07) is 7.00. The number of anilines is 1. The fourth-order valence-corrected chi connectivity index (χ4v) is 1.88. The van der Waals surface area contributed by atoms with Crippen LogP contribution in [-0.2, 0) is 4.79 Å². The van der Waals surface area contributed by atoms with E-state index in [4.69, 9.17) is 0 Å². The second-order valence-corrected chi connectivity index (χ2v) is 4.40. The van der Waals surface area contributed by atoms with Gasteiger partial charge in [-0.05, 0) is 31.1 Å². The van der Waals surface area contributed by atoms with Gasteiger partial charge >= 0.3 is 0 Å². The zero-order valence-corrected chi connectivity index (χ0v) is 10.3. The zero-order valence-electron chi connectivity index (χ0n) is 10.3. The molecule has 0 spiro atoms. The summed E-state index contributed by atoms with van der Waals surface area (Å²) in [5, 5.41) is 8.48. The van der Waals surface area contributed by atoms with Gasteiger partial charge in [0.05, 0.1) is 11.3 Å². The van der Waals surface area contributed by atoms with Crippen molar-refractivity contribution in [3.63, 3.8) is 0 Å². The van der Waals surface area contributed by atoms with E-state index < -0.39 is 0 Å². The topological polar surface area (TPSA) is 70.2 Å². The zero-order chi connectivity index (χ0) is 13.0. The van der Waals surface area contributed by atoms with Crippen molar-refractivity contribution in [2.24, 2.45) is 5.92 Å². The number of rotatable bonds is 4. The summed E-state index contributed by atoms with van der Waals surface area (Å²) in [5.74, 6) is 0.172. The van der Waals surface area contributed by atoms with Crippen LogP contribution in [0.25, 0.3) is 0 Å². The Kier molecular flexibility index (Phi) is 3.94. The average molecular weight is 247 g/mol. The van der Waals surface area contributed by atoms with Gasteiger partial charge in [0.2, 0.25) is 5.91 Å². The molecule has 1 fully saturated rings. The highest BCUT2D eigenvalue weighted by Gasteiger charge is 2.20. The number of para-hydroxylation sites is 1. The van der Waals surface area contributed by atoms with Gasteiger partial charge in [-0.3, -0.25) is 9.59 Å². The summed E-state index contributed by atoms with van der Waals surface area (Å²) in [7, 11) is 1.57. The predicted octanol–water partition coefficient (Wildman–Crippen LogP) is 0.594. The van der Waals surface area contributed by atoms with Crippen molar-refractivity contribution in [2.75, 3.05) is 25.5 Å². The molecule has 2 rings (SSSR count). The van der Waals surface area contributed by atoms with Gasteiger partial charge in [-0.2, -0.15) is 0 Å². The summed E-state index contributed by atoms with van der Waals surface area (Å²) in [5.41, 5.74) is 1.05. The Labute approximate surface area is 106 Å². The summed E-state index contributed by atoms with van der Waals surface area (Å²) < 4.78 is 0. The summed E-state index contributed by atoms with van der Waals surface area (Å²) in [6.07, 6.45) is 0.495. The van der Waals surface area contributed by atoms with Crippen LogP contribution in [0.3, 0.4) is 0 Å². The molecule has 0 bridgehead atoms. The lowest BCUT2D eigenvalue weighted by molar-refractivity contribution is -0.117. The van der Waals surface area contributed by atoms with Crippen molar-refractivity contribution in [2.45, 2.75) is 6.42 Å². The van der Waals surface area contributed by atoms with E-state index in [2.05, 4.69) is 16.0 Å². The Bertz CT molecular complexity index is 455. The van der Waals surface area contributed by atoms with Crippen molar-refractivity contribution >= 4 is 17.5 Å². The lowest BCUT2D eigenvalue weighted by atomic mass is 9.99. The first-order chi connectivity index (χ1) is 8.70. The van der Waals surface area contributed by atoms with Crippen LogP contribution in [-0.4, -0.2) is 32.0 Å². The molecule has 0 saturated carbocycles. The molecule has 0 aromatic heterocycles. The first-order valence-electron chi connectivity index (χ1n) is 6.02.